The van der Waals surface area contributed by atoms with Gasteiger partial charge in [0, 0.05) is 19.4 Å². The van der Waals surface area contributed by atoms with E-state index in [0.29, 0.717) is 25.5 Å². The molecule has 0 aliphatic rings. The molecule has 0 amide bonds. The smallest absolute Gasteiger partial charge is 0.492 e. The molecule has 9 heteroatoms. The van der Waals surface area contributed by atoms with E-state index in [9.17, 15) is 13.2 Å². The number of halogens is 4. The molecule has 0 atom stereocenters. The maximum absolute atomic E-state index is 12.1. The average molecular weight is 356 g/mol. The molecule has 1 rings (SSSR count). The number of oxime groups is 1. The summed E-state index contributed by atoms with van der Waals surface area (Å²) in [6.07, 6.45) is -4.25. The number of hydrogen-bond acceptors (Lipinski definition) is 5. The van der Waals surface area contributed by atoms with E-state index >= 15 is 0 Å². The van der Waals surface area contributed by atoms with Gasteiger partial charge in [-0.2, -0.15) is 0 Å². The van der Waals surface area contributed by atoms with E-state index in [4.69, 9.17) is 25.9 Å². The monoisotopic (exact) mass is 355 g/mol. The van der Waals surface area contributed by atoms with Gasteiger partial charge in [-0.05, 0) is 19.1 Å². The van der Waals surface area contributed by atoms with Crippen molar-refractivity contribution in [1.82, 2.24) is 0 Å². The van der Waals surface area contributed by atoms with Gasteiger partial charge in [-0.3, -0.25) is 0 Å². The first-order chi connectivity index (χ1) is 10.8. The Morgan fingerprint density at radius 1 is 1.26 bits per heavy atom. The van der Waals surface area contributed by atoms with Gasteiger partial charge in [-0.1, -0.05) is 16.8 Å². The molecule has 0 aliphatic carbocycles. The van der Waals surface area contributed by atoms with Crippen LogP contribution >= 0.6 is 11.6 Å². The zero-order chi connectivity index (χ0) is 17.3. The maximum atomic E-state index is 12.1. The molecule has 0 unspecified atom stereocenters. The first-order valence-corrected chi connectivity index (χ1v) is 7.17. The molecule has 0 aromatic heterocycles. The second-order valence-electron chi connectivity index (χ2n) is 4.22. The van der Waals surface area contributed by atoms with Crippen molar-refractivity contribution in [2.75, 3.05) is 19.8 Å². The normalized spacial score (nSPS) is 12.0. The second kappa shape index (κ2) is 9.34. The van der Waals surface area contributed by atoms with Crippen molar-refractivity contribution in [2.45, 2.75) is 26.6 Å². The van der Waals surface area contributed by atoms with E-state index in [1.54, 1.807) is 6.92 Å². The molecule has 0 aliphatic heterocycles. The molecule has 0 bridgehead atoms. The Morgan fingerprint density at radius 2 is 2.00 bits per heavy atom. The van der Waals surface area contributed by atoms with Gasteiger partial charge in [0.05, 0.1) is 18.2 Å². The summed E-state index contributed by atoms with van der Waals surface area (Å²) >= 11 is 5.83. The van der Waals surface area contributed by atoms with Crippen LogP contribution in [0.25, 0.3) is 0 Å². The lowest BCUT2D eigenvalue weighted by atomic mass is 10.3. The molecular formula is C14H17ClF3NO4. The van der Waals surface area contributed by atoms with Crippen LogP contribution < -0.4 is 9.47 Å². The van der Waals surface area contributed by atoms with E-state index in [0.717, 1.165) is 12.1 Å². The maximum Gasteiger partial charge on any atom is 0.573 e. The van der Waals surface area contributed by atoms with Crippen LogP contribution in [0.5, 0.6) is 11.5 Å². The van der Waals surface area contributed by atoms with Gasteiger partial charge in [-0.25, -0.2) is 0 Å². The predicted octanol–water partition coefficient (Wildman–Crippen LogP) is 4.39. The Morgan fingerprint density at radius 3 is 2.61 bits per heavy atom. The van der Waals surface area contributed by atoms with Crippen LogP contribution in [-0.2, 0) is 9.57 Å². The fourth-order valence-corrected chi connectivity index (χ4v) is 1.70. The standard InChI is InChI=1S/C14H17ClF3NO4/c1-3-20-10(2)19-22-8-4-7-21-13-6-5-11(9-12(13)15)23-14(16,17)18/h5-6,9H,3-4,7-8H2,1-2H3. The first-order valence-electron chi connectivity index (χ1n) is 6.79. The van der Waals surface area contributed by atoms with E-state index < -0.39 is 12.1 Å². The fraction of sp³-hybridized carbons (Fsp3) is 0.500. The van der Waals surface area contributed by atoms with Gasteiger partial charge in [0.2, 0.25) is 5.90 Å². The lowest BCUT2D eigenvalue weighted by molar-refractivity contribution is -0.274. The van der Waals surface area contributed by atoms with Gasteiger partial charge in [0.1, 0.15) is 18.1 Å². The molecule has 5 nitrogen and oxygen atoms in total. The van der Waals surface area contributed by atoms with Gasteiger partial charge < -0.3 is 19.0 Å². The molecular weight excluding hydrogens is 339 g/mol. The Kier molecular flexibility index (Phi) is 7.80. The number of ether oxygens (including phenoxy) is 3. The van der Waals surface area contributed by atoms with E-state index in [1.165, 1.54) is 6.07 Å². The minimum absolute atomic E-state index is 0.0258. The highest BCUT2D eigenvalue weighted by Gasteiger charge is 2.31. The zero-order valence-corrected chi connectivity index (χ0v) is 13.4. The molecule has 0 saturated heterocycles. The average Bonchev–Trinajstić information content (AvgIpc) is 2.43. The van der Waals surface area contributed by atoms with Crippen molar-refractivity contribution in [3.05, 3.63) is 23.2 Å². The summed E-state index contributed by atoms with van der Waals surface area (Å²) in [7, 11) is 0. The molecule has 1 aromatic carbocycles. The molecule has 23 heavy (non-hydrogen) atoms. The van der Waals surface area contributed by atoms with Gasteiger partial charge in [-0.15, -0.1) is 13.2 Å². The SMILES string of the molecule is CCOC(C)=NOCCCOc1ccc(OC(F)(F)F)cc1Cl. The predicted molar refractivity (Wildman–Crippen MR) is 78.9 cm³/mol. The first kappa shape index (κ1) is 19.2. The minimum Gasteiger partial charge on any atom is -0.492 e. The third kappa shape index (κ3) is 8.39. The van der Waals surface area contributed by atoms with Crippen LogP contribution in [0.1, 0.15) is 20.3 Å². The highest BCUT2D eigenvalue weighted by molar-refractivity contribution is 6.32. The minimum atomic E-state index is -4.76. The van der Waals surface area contributed by atoms with E-state index in [2.05, 4.69) is 9.89 Å². The zero-order valence-electron chi connectivity index (χ0n) is 12.7. The topological polar surface area (TPSA) is 49.3 Å². The Balaban J connectivity index is 2.34. The summed E-state index contributed by atoms with van der Waals surface area (Å²) in [5.74, 6) is 0.283. The summed E-state index contributed by atoms with van der Waals surface area (Å²) in [5.41, 5.74) is 0. The van der Waals surface area contributed by atoms with E-state index in [1.807, 2.05) is 6.92 Å². The number of hydrogen-bond donors (Lipinski definition) is 0. The van der Waals surface area contributed by atoms with Gasteiger partial charge in [0.25, 0.3) is 0 Å². The van der Waals surface area contributed by atoms with Crippen LogP contribution in [0.3, 0.4) is 0 Å². The molecule has 0 fully saturated rings. The highest BCUT2D eigenvalue weighted by atomic mass is 35.5. The van der Waals surface area contributed by atoms with Crippen molar-refractivity contribution >= 4 is 17.5 Å². The largest absolute Gasteiger partial charge is 0.573 e. The summed E-state index contributed by atoms with van der Waals surface area (Å²) in [6.45, 7) is 4.58. The van der Waals surface area contributed by atoms with Crippen LogP contribution in [0.2, 0.25) is 5.02 Å². The lowest BCUT2D eigenvalue weighted by Crippen LogP contribution is -2.17. The van der Waals surface area contributed by atoms with Crippen LogP contribution in [0.4, 0.5) is 13.2 Å². The Bertz CT molecular complexity index is 523. The van der Waals surface area contributed by atoms with Crippen LogP contribution in [-0.4, -0.2) is 32.1 Å². The lowest BCUT2D eigenvalue weighted by Gasteiger charge is -2.11. The van der Waals surface area contributed by atoms with Gasteiger partial charge in [0.15, 0.2) is 0 Å². The summed E-state index contributed by atoms with van der Waals surface area (Å²) in [5, 5.41) is 3.74. The highest BCUT2D eigenvalue weighted by Crippen LogP contribution is 2.31. The number of nitrogens with zero attached hydrogens (tertiary/aromatic N) is 1. The van der Waals surface area contributed by atoms with Crippen molar-refractivity contribution in [1.29, 1.82) is 0 Å². The fourth-order valence-electron chi connectivity index (χ4n) is 1.47. The van der Waals surface area contributed by atoms with Crippen LogP contribution in [0, 0.1) is 0 Å². The quantitative estimate of drug-likeness (QED) is 0.300. The number of benzene rings is 1. The van der Waals surface area contributed by atoms with Crippen molar-refractivity contribution in [2.24, 2.45) is 5.16 Å². The molecule has 0 heterocycles. The van der Waals surface area contributed by atoms with Crippen molar-refractivity contribution in [3.63, 3.8) is 0 Å². The number of alkyl halides is 3. The molecule has 0 radical (unpaired) electrons. The Labute approximate surface area is 136 Å². The summed E-state index contributed by atoms with van der Waals surface area (Å²) in [6, 6.07) is 3.47. The third-order valence-electron chi connectivity index (χ3n) is 2.32. The van der Waals surface area contributed by atoms with E-state index in [-0.39, 0.29) is 17.4 Å². The molecule has 0 saturated carbocycles. The van der Waals surface area contributed by atoms with Crippen molar-refractivity contribution < 1.29 is 32.2 Å². The molecule has 0 spiro atoms. The Hall–Kier alpha value is -1.83. The second-order valence-corrected chi connectivity index (χ2v) is 4.63. The summed E-state index contributed by atoms with van der Waals surface area (Å²) in [4.78, 5) is 5.00. The third-order valence-corrected chi connectivity index (χ3v) is 2.62. The molecule has 1 aromatic rings. The van der Waals surface area contributed by atoms with Crippen LogP contribution in [0.15, 0.2) is 23.4 Å². The van der Waals surface area contributed by atoms with Crippen molar-refractivity contribution in [3.8, 4) is 11.5 Å². The summed E-state index contributed by atoms with van der Waals surface area (Å²) < 4.78 is 50.4. The molecule has 0 N–H and O–H groups in total. The van der Waals surface area contributed by atoms with Gasteiger partial charge >= 0.3 is 6.36 Å². The molecule has 130 valence electrons. The number of rotatable bonds is 8.